The topological polar surface area (TPSA) is 78.7 Å². The van der Waals surface area contributed by atoms with Crippen molar-refractivity contribution in [2.24, 2.45) is 0 Å². The fourth-order valence-corrected chi connectivity index (χ4v) is 3.53. The number of aromatic nitrogens is 2. The van der Waals surface area contributed by atoms with Crippen molar-refractivity contribution in [2.45, 2.75) is 19.4 Å². The first kappa shape index (κ1) is 24.1. The number of carbonyl (C=O) groups is 1. The Balaban J connectivity index is 1.93. The molecule has 0 fully saturated rings. The van der Waals surface area contributed by atoms with Gasteiger partial charge in [0.25, 0.3) is 5.56 Å². The minimum Gasteiger partial charge on any atom is -0.465 e. The Morgan fingerprint density at radius 2 is 1.76 bits per heavy atom. The Morgan fingerprint density at radius 1 is 1.06 bits per heavy atom. The van der Waals surface area contributed by atoms with E-state index in [1.165, 1.54) is 21.7 Å². The van der Waals surface area contributed by atoms with Crippen molar-refractivity contribution in [2.75, 3.05) is 32.1 Å². The average molecular weight is 456 g/mol. The first-order chi connectivity index (χ1) is 15.7. The van der Waals surface area contributed by atoms with Gasteiger partial charge in [0, 0.05) is 29.9 Å². The van der Waals surface area contributed by atoms with E-state index < -0.39 is 29.3 Å². The number of hydrogen-bond donors (Lipinski definition) is 1. The quantitative estimate of drug-likeness (QED) is 0.549. The zero-order valence-electron chi connectivity index (χ0n) is 18.7. The number of hydrogen-bond acceptors (Lipinski definition) is 4. The minimum absolute atomic E-state index is 0.208. The molecule has 0 spiro atoms. The molecule has 1 heterocycles. The predicted octanol–water partition coefficient (Wildman–Crippen LogP) is 4.23. The summed E-state index contributed by atoms with van der Waals surface area (Å²) < 4.78 is 28.5. The highest BCUT2D eigenvalue weighted by atomic mass is 19.1. The molecule has 0 saturated heterocycles. The van der Waals surface area contributed by atoms with E-state index in [0.717, 1.165) is 24.7 Å². The van der Waals surface area contributed by atoms with Crippen LogP contribution in [0.25, 0.3) is 11.3 Å². The van der Waals surface area contributed by atoms with E-state index in [4.69, 9.17) is 0 Å². The molecule has 1 amide bonds. The second kappa shape index (κ2) is 10.4. The van der Waals surface area contributed by atoms with E-state index in [-0.39, 0.29) is 11.3 Å². The summed E-state index contributed by atoms with van der Waals surface area (Å²) in [6.07, 6.45) is -0.407. The van der Waals surface area contributed by atoms with Crippen molar-refractivity contribution in [3.8, 4) is 11.3 Å². The monoisotopic (exact) mass is 456 g/mol. The van der Waals surface area contributed by atoms with Crippen LogP contribution < -0.4 is 10.5 Å². The maximum absolute atomic E-state index is 13.6. The lowest BCUT2D eigenvalue weighted by Gasteiger charge is -2.22. The van der Waals surface area contributed by atoms with Gasteiger partial charge in [0.05, 0.1) is 11.7 Å². The van der Waals surface area contributed by atoms with Crippen LogP contribution in [0.4, 0.5) is 19.3 Å². The van der Waals surface area contributed by atoms with E-state index in [1.807, 2.05) is 19.0 Å². The number of halogens is 2. The van der Waals surface area contributed by atoms with Gasteiger partial charge in [0.15, 0.2) is 0 Å². The molecule has 0 radical (unpaired) electrons. The van der Waals surface area contributed by atoms with Gasteiger partial charge >= 0.3 is 6.09 Å². The zero-order valence-corrected chi connectivity index (χ0v) is 18.7. The van der Waals surface area contributed by atoms with Gasteiger partial charge in [0.2, 0.25) is 0 Å². The molecule has 0 aliphatic carbocycles. The van der Waals surface area contributed by atoms with Crippen molar-refractivity contribution in [3.05, 3.63) is 82.1 Å². The third kappa shape index (κ3) is 6.01. The van der Waals surface area contributed by atoms with Crippen LogP contribution in [0.2, 0.25) is 0 Å². The van der Waals surface area contributed by atoms with Crippen molar-refractivity contribution in [3.63, 3.8) is 0 Å². The molecule has 0 saturated carbocycles. The summed E-state index contributed by atoms with van der Waals surface area (Å²) in [5, 5.41) is 14.0. The molecule has 0 aliphatic heterocycles. The van der Waals surface area contributed by atoms with E-state index in [2.05, 4.69) is 5.10 Å². The average Bonchev–Trinajstić information content (AvgIpc) is 2.75. The standard InChI is InChI=1S/C24H26F2N4O3/c1-16(17-6-4-7-21(14-17)29(24(32)33)11-5-10-28(2)3)30-23(31)9-8-22(27-30)18-12-19(25)15-20(26)13-18/h4,6-9,12-16H,5,10-11H2,1-3H3,(H,32,33). The number of carboxylic acid groups (broad SMARTS) is 1. The van der Waals surface area contributed by atoms with Gasteiger partial charge in [-0.1, -0.05) is 12.1 Å². The van der Waals surface area contributed by atoms with Gasteiger partial charge in [-0.25, -0.2) is 18.3 Å². The summed E-state index contributed by atoms with van der Waals surface area (Å²) in [5.74, 6) is -1.48. The predicted molar refractivity (Wildman–Crippen MR) is 123 cm³/mol. The molecule has 1 aromatic heterocycles. The number of anilines is 1. The van der Waals surface area contributed by atoms with Gasteiger partial charge in [0.1, 0.15) is 11.6 Å². The highest BCUT2D eigenvalue weighted by Gasteiger charge is 2.18. The van der Waals surface area contributed by atoms with E-state index in [1.54, 1.807) is 31.2 Å². The summed E-state index contributed by atoms with van der Waals surface area (Å²) in [4.78, 5) is 27.6. The minimum atomic E-state index is -1.07. The number of benzene rings is 2. The van der Waals surface area contributed by atoms with Crippen LogP contribution in [0.15, 0.2) is 59.4 Å². The maximum atomic E-state index is 13.6. The normalized spacial score (nSPS) is 12.1. The molecule has 2 aromatic carbocycles. The molecule has 9 heteroatoms. The van der Waals surface area contributed by atoms with Crippen molar-refractivity contribution < 1.29 is 18.7 Å². The fourth-order valence-electron chi connectivity index (χ4n) is 3.53. The Morgan fingerprint density at radius 3 is 2.39 bits per heavy atom. The van der Waals surface area contributed by atoms with Crippen LogP contribution in [0.1, 0.15) is 24.9 Å². The molecule has 0 aliphatic rings. The van der Waals surface area contributed by atoms with Crippen LogP contribution in [0, 0.1) is 11.6 Å². The van der Waals surface area contributed by atoms with Gasteiger partial charge < -0.3 is 10.0 Å². The highest BCUT2D eigenvalue weighted by Crippen LogP contribution is 2.24. The second-order valence-corrected chi connectivity index (χ2v) is 8.02. The smallest absolute Gasteiger partial charge is 0.411 e. The van der Waals surface area contributed by atoms with Crippen molar-refractivity contribution >= 4 is 11.8 Å². The number of amides is 1. The third-order valence-electron chi connectivity index (χ3n) is 5.23. The van der Waals surface area contributed by atoms with Gasteiger partial charge in [-0.3, -0.25) is 9.69 Å². The summed E-state index contributed by atoms with van der Waals surface area (Å²) in [6.45, 7) is 2.82. The van der Waals surface area contributed by atoms with Gasteiger partial charge in [-0.15, -0.1) is 0 Å². The van der Waals surface area contributed by atoms with Crippen molar-refractivity contribution in [1.29, 1.82) is 0 Å². The van der Waals surface area contributed by atoms with Gasteiger partial charge in [-0.2, -0.15) is 5.10 Å². The van der Waals surface area contributed by atoms with E-state index in [0.29, 0.717) is 24.2 Å². The lowest BCUT2D eigenvalue weighted by Crippen LogP contribution is -2.32. The Hall–Kier alpha value is -3.59. The summed E-state index contributed by atoms with van der Waals surface area (Å²) in [7, 11) is 3.84. The summed E-state index contributed by atoms with van der Waals surface area (Å²) in [6, 6.07) is 12.1. The molecule has 3 rings (SSSR count). The van der Waals surface area contributed by atoms with Crippen LogP contribution in [0.3, 0.4) is 0 Å². The van der Waals surface area contributed by atoms with Crippen molar-refractivity contribution in [1.82, 2.24) is 14.7 Å². The molecule has 1 unspecified atom stereocenters. The Bertz CT molecular complexity index is 1180. The summed E-state index contributed by atoms with van der Waals surface area (Å²) >= 11 is 0. The molecular weight excluding hydrogens is 430 g/mol. The Labute approximate surface area is 190 Å². The fraction of sp³-hybridized carbons (Fsp3) is 0.292. The zero-order chi connectivity index (χ0) is 24.1. The third-order valence-corrected chi connectivity index (χ3v) is 5.23. The molecule has 7 nitrogen and oxygen atoms in total. The van der Waals surface area contributed by atoms with Gasteiger partial charge in [-0.05, 0) is 69.9 Å². The first-order valence-corrected chi connectivity index (χ1v) is 10.5. The lowest BCUT2D eigenvalue weighted by atomic mass is 10.1. The molecule has 1 atom stereocenters. The van der Waals surface area contributed by atoms with E-state index >= 15 is 0 Å². The highest BCUT2D eigenvalue weighted by molar-refractivity contribution is 5.86. The lowest BCUT2D eigenvalue weighted by molar-refractivity contribution is 0.201. The van der Waals surface area contributed by atoms with Crippen LogP contribution in [-0.4, -0.2) is 53.1 Å². The SMILES string of the molecule is CC(c1cccc(N(CCCN(C)C)C(=O)O)c1)n1nc(-c2cc(F)cc(F)c2)ccc1=O. The molecule has 3 aromatic rings. The second-order valence-electron chi connectivity index (χ2n) is 8.02. The Kier molecular flexibility index (Phi) is 7.55. The van der Waals surface area contributed by atoms with Crippen LogP contribution in [-0.2, 0) is 0 Å². The summed E-state index contributed by atoms with van der Waals surface area (Å²) in [5.41, 5.74) is 1.21. The number of rotatable bonds is 8. The first-order valence-electron chi connectivity index (χ1n) is 10.5. The molecule has 33 heavy (non-hydrogen) atoms. The molecule has 0 bridgehead atoms. The molecular formula is C24H26F2N4O3. The van der Waals surface area contributed by atoms with E-state index in [9.17, 15) is 23.5 Å². The molecule has 174 valence electrons. The van der Waals surface area contributed by atoms with Crippen LogP contribution >= 0.6 is 0 Å². The molecule has 1 N–H and O–H groups in total. The maximum Gasteiger partial charge on any atom is 0.411 e. The van der Waals surface area contributed by atoms with Crippen LogP contribution in [0.5, 0.6) is 0 Å². The number of nitrogens with zero attached hydrogens (tertiary/aromatic N) is 4. The largest absolute Gasteiger partial charge is 0.465 e.